The number of ether oxygens (including phenoxy) is 6. The Morgan fingerprint density at radius 1 is 0.640 bits per heavy atom. The molecule has 2 rings (SSSR count). The van der Waals surface area contributed by atoms with Gasteiger partial charge in [0.15, 0.2) is 12.6 Å². The lowest BCUT2D eigenvalue weighted by molar-refractivity contribution is -0.332. The van der Waals surface area contributed by atoms with Crippen LogP contribution in [-0.2, 0) is 33.2 Å². The fourth-order valence-corrected chi connectivity index (χ4v) is 5.84. The second-order valence-electron chi connectivity index (χ2n) is 13.4. The van der Waals surface area contributed by atoms with E-state index in [1.165, 1.54) is 57.8 Å². The summed E-state index contributed by atoms with van der Waals surface area (Å²) in [6.07, 6.45) is 4.78. The Morgan fingerprint density at radius 3 is 1.78 bits per heavy atom. The number of hydrogen-bond donors (Lipinski definition) is 7. The fourth-order valence-electron chi connectivity index (χ4n) is 5.84. The number of allylic oxidation sites excluding steroid dienone is 2. The van der Waals surface area contributed by atoms with E-state index in [0.717, 1.165) is 25.7 Å². The van der Waals surface area contributed by atoms with E-state index in [0.29, 0.717) is 13.0 Å². The van der Waals surface area contributed by atoms with Crippen LogP contribution < -0.4 is 0 Å². The number of aliphatic hydroxyl groups excluding tert-OH is 7. The van der Waals surface area contributed by atoms with Gasteiger partial charge in [-0.3, -0.25) is 4.79 Å². The van der Waals surface area contributed by atoms with Crippen LogP contribution in [0, 0.1) is 0 Å². The minimum atomic E-state index is -1.70. The molecule has 2 heterocycles. The zero-order valence-electron chi connectivity index (χ0n) is 30.1. The van der Waals surface area contributed by atoms with E-state index in [-0.39, 0.29) is 19.6 Å². The van der Waals surface area contributed by atoms with Crippen molar-refractivity contribution in [3.8, 4) is 0 Å². The summed E-state index contributed by atoms with van der Waals surface area (Å²) in [5.74, 6) is -0.433. The van der Waals surface area contributed by atoms with Crippen LogP contribution in [0.15, 0.2) is 12.2 Å². The summed E-state index contributed by atoms with van der Waals surface area (Å²) in [5, 5.41) is 71.0. The van der Waals surface area contributed by atoms with Gasteiger partial charge in [0, 0.05) is 13.0 Å². The second kappa shape index (κ2) is 26.5. The summed E-state index contributed by atoms with van der Waals surface area (Å²) in [6, 6.07) is 0. The predicted molar refractivity (Wildman–Crippen MR) is 183 cm³/mol. The Balaban J connectivity index is 1.72. The number of aliphatic hydroxyl groups is 7. The third-order valence-corrected chi connectivity index (χ3v) is 8.99. The molecule has 0 saturated carbocycles. The molecule has 294 valence electrons. The van der Waals surface area contributed by atoms with Crippen molar-refractivity contribution in [3.63, 3.8) is 0 Å². The van der Waals surface area contributed by atoms with E-state index in [4.69, 9.17) is 28.4 Å². The van der Waals surface area contributed by atoms with Gasteiger partial charge in [0.1, 0.15) is 54.9 Å². The van der Waals surface area contributed by atoms with Gasteiger partial charge in [-0.05, 0) is 38.5 Å². The zero-order chi connectivity index (χ0) is 36.7. The summed E-state index contributed by atoms with van der Waals surface area (Å²) in [7, 11) is 0. The number of rotatable bonds is 27. The summed E-state index contributed by atoms with van der Waals surface area (Å²) in [6.45, 7) is 3.25. The lowest BCUT2D eigenvalue weighted by atomic mass is 9.98. The molecule has 0 spiro atoms. The Hall–Kier alpha value is -1.27. The summed E-state index contributed by atoms with van der Waals surface area (Å²) >= 11 is 0. The van der Waals surface area contributed by atoms with Crippen LogP contribution >= 0.6 is 0 Å². The maximum Gasteiger partial charge on any atom is 0.306 e. The Labute approximate surface area is 297 Å². The largest absolute Gasteiger partial charge is 0.457 e. The van der Waals surface area contributed by atoms with E-state index in [2.05, 4.69) is 19.1 Å². The molecule has 0 aromatic carbocycles. The van der Waals surface area contributed by atoms with E-state index in [1.54, 1.807) is 0 Å². The van der Waals surface area contributed by atoms with Crippen molar-refractivity contribution in [2.24, 2.45) is 0 Å². The van der Waals surface area contributed by atoms with Crippen molar-refractivity contribution in [2.75, 3.05) is 33.0 Å². The summed E-state index contributed by atoms with van der Waals surface area (Å²) in [5.41, 5.74) is 0. The first-order chi connectivity index (χ1) is 24.1. The highest BCUT2D eigenvalue weighted by Crippen LogP contribution is 2.26. The molecule has 2 saturated heterocycles. The first-order valence-corrected chi connectivity index (χ1v) is 18.8. The zero-order valence-corrected chi connectivity index (χ0v) is 30.1. The lowest BCUT2D eigenvalue weighted by Crippen LogP contribution is -2.61. The first kappa shape index (κ1) is 44.9. The van der Waals surface area contributed by atoms with Crippen LogP contribution in [0.5, 0.6) is 0 Å². The van der Waals surface area contributed by atoms with Crippen LogP contribution in [0.25, 0.3) is 0 Å². The highest BCUT2D eigenvalue weighted by molar-refractivity contribution is 5.69. The molecular formula is C36H66O14. The maximum absolute atomic E-state index is 12.3. The molecule has 0 aromatic heterocycles. The van der Waals surface area contributed by atoms with Crippen molar-refractivity contribution >= 4 is 5.97 Å². The van der Waals surface area contributed by atoms with Crippen molar-refractivity contribution in [3.05, 3.63) is 12.2 Å². The van der Waals surface area contributed by atoms with Gasteiger partial charge in [0.25, 0.3) is 0 Å². The number of unbranched alkanes of at least 4 members (excludes halogenated alkanes) is 11. The van der Waals surface area contributed by atoms with Crippen molar-refractivity contribution < 1.29 is 69.0 Å². The number of hydrogen-bond acceptors (Lipinski definition) is 14. The predicted octanol–water partition coefficient (Wildman–Crippen LogP) is 2.00. The molecule has 0 radical (unpaired) electrons. The molecule has 2 fully saturated rings. The van der Waals surface area contributed by atoms with Gasteiger partial charge >= 0.3 is 5.97 Å². The molecule has 11 atom stereocenters. The Bertz CT molecular complexity index is 891. The molecule has 2 aliphatic heterocycles. The number of esters is 1. The third-order valence-electron chi connectivity index (χ3n) is 8.99. The van der Waals surface area contributed by atoms with Crippen LogP contribution in [0.1, 0.15) is 110 Å². The van der Waals surface area contributed by atoms with Gasteiger partial charge in [0.2, 0.25) is 0 Å². The topological polar surface area (TPSA) is 214 Å². The average molecular weight is 723 g/mol. The van der Waals surface area contributed by atoms with Crippen LogP contribution in [0.2, 0.25) is 0 Å². The molecule has 2 aliphatic rings. The minimum Gasteiger partial charge on any atom is -0.457 e. The first-order valence-electron chi connectivity index (χ1n) is 18.8. The van der Waals surface area contributed by atoms with Crippen molar-refractivity contribution in [1.82, 2.24) is 0 Å². The molecule has 0 aromatic rings. The van der Waals surface area contributed by atoms with E-state index >= 15 is 0 Å². The molecule has 50 heavy (non-hydrogen) atoms. The van der Waals surface area contributed by atoms with Crippen LogP contribution in [0.4, 0.5) is 0 Å². The lowest BCUT2D eigenvalue weighted by Gasteiger charge is -2.42. The SMILES string of the molecule is CCCCCCC/C=C\CCCCCCCCOCC(COC1OC(COC2OC(CO)C(O)C(O)C2O)C(O)C(O)C1O)OC(=O)CCC. The molecule has 7 N–H and O–H groups in total. The fraction of sp³-hybridized carbons (Fsp3) is 0.917. The quantitative estimate of drug-likeness (QED) is 0.0367. The second-order valence-corrected chi connectivity index (χ2v) is 13.4. The number of carbonyl (C=O) groups excluding carboxylic acids is 1. The smallest absolute Gasteiger partial charge is 0.306 e. The molecule has 0 aliphatic carbocycles. The minimum absolute atomic E-state index is 0.0536. The summed E-state index contributed by atoms with van der Waals surface area (Å²) < 4.78 is 33.4. The normalized spacial score (nSPS) is 30.9. The molecule has 11 unspecified atom stereocenters. The van der Waals surface area contributed by atoms with E-state index in [1.807, 2.05) is 6.92 Å². The van der Waals surface area contributed by atoms with Crippen molar-refractivity contribution in [1.29, 1.82) is 0 Å². The average Bonchev–Trinajstić information content (AvgIpc) is 3.10. The van der Waals surface area contributed by atoms with Crippen LogP contribution in [0.3, 0.4) is 0 Å². The molecule has 14 nitrogen and oxygen atoms in total. The molecular weight excluding hydrogens is 656 g/mol. The monoisotopic (exact) mass is 722 g/mol. The summed E-state index contributed by atoms with van der Waals surface area (Å²) in [4.78, 5) is 12.3. The van der Waals surface area contributed by atoms with E-state index < -0.39 is 86.7 Å². The molecule has 0 amide bonds. The highest BCUT2D eigenvalue weighted by atomic mass is 16.7. The van der Waals surface area contributed by atoms with Gasteiger partial charge in [0.05, 0.1) is 26.4 Å². The van der Waals surface area contributed by atoms with Gasteiger partial charge in [-0.1, -0.05) is 77.4 Å². The standard InChI is InChI=1S/C36H66O14/c1-3-5-6-7-8-9-10-11-12-13-14-15-16-17-18-20-45-22-25(48-28(38)19-4-2)23-46-35-34(44)32(42)30(40)27(50-35)24-47-36-33(43)31(41)29(39)26(21-37)49-36/h10-11,25-27,29-37,39-44H,3-9,12-24H2,1-2H3/b11-10-. The molecule has 0 bridgehead atoms. The Morgan fingerprint density at radius 2 is 1.18 bits per heavy atom. The number of carbonyl (C=O) groups is 1. The van der Waals surface area contributed by atoms with Gasteiger partial charge in [-0.25, -0.2) is 0 Å². The van der Waals surface area contributed by atoms with E-state index in [9.17, 15) is 40.5 Å². The maximum atomic E-state index is 12.3. The van der Waals surface area contributed by atoms with Crippen molar-refractivity contribution in [2.45, 2.75) is 178 Å². The van der Waals surface area contributed by atoms with Gasteiger partial charge in [-0.2, -0.15) is 0 Å². The highest BCUT2D eigenvalue weighted by Gasteiger charge is 2.47. The molecule has 14 heteroatoms. The van der Waals surface area contributed by atoms with Gasteiger partial charge in [-0.15, -0.1) is 0 Å². The third kappa shape index (κ3) is 16.6. The van der Waals surface area contributed by atoms with Gasteiger partial charge < -0.3 is 64.2 Å². The Kier molecular flexibility index (Phi) is 23.8. The van der Waals surface area contributed by atoms with Crippen LogP contribution in [-0.4, -0.2) is 142 Å².